The minimum Gasteiger partial charge on any atom is -0.467 e. The summed E-state index contributed by atoms with van der Waals surface area (Å²) in [6.07, 6.45) is 1.89. The van der Waals surface area contributed by atoms with Crippen molar-refractivity contribution in [3.05, 3.63) is 23.7 Å². The molecule has 3 N–H and O–H groups in total. The fourth-order valence-corrected chi connectivity index (χ4v) is 2.36. The maximum atomic E-state index is 11.5. The number of hydrogen-bond acceptors (Lipinski definition) is 5. The summed E-state index contributed by atoms with van der Waals surface area (Å²) in [5.74, 6) is 5.45. The van der Waals surface area contributed by atoms with Gasteiger partial charge in [0.2, 0.25) is 0 Å². The molecule has 1 amide bonds. The largest absolute Gasteiger partial charge is 0.467 e. The van der Waals surface area contributed by atoms with Crippen molar-refractivity contribution >= 4 is 5.91 Å². The van der Waals surface area contributed by atoms with E-state index in [1.807, 2.05) is 13.8 Å². The molecule has 0 aliphatic carbocycles. The van der Waals surface area contributed by atoms with Crippen molar-refractivity contribution in [3.8, 4) is 0 Å². The second-order valence-corrected chi connectivity index (χ2v) is 4.68. The maximum absolute atomic E-state index is 11.5. The summed E-state index contributed by atoms with van der Waals surface area (Å²) in [4.78, 5) is 13.7. The van der Waals surface area contributed by atoms with Crippen LogP contribution in [0.3, 0.4) is 0 Å². The first-order valence-corrected chi connectivity index (χ1v) is 6.05. The molecule has 1 fully saturated rings. The highest BCUT2D eigenvalue weighted by molar-refractivity contribution is 5.94. The minimum atomic E-state index is -0.326. The predicted molar refractivity (Wildman–Crippen MR) is 65.6 cm³/mol. The number of rotatable bonds is 3. The van der Waals surface area contributed by atoms with Crippen molar-refractivity contribution in [1.29, 1.82) is 0 Å². The van der Waals surface area contributed by atoms with Gasteiger partial charge in [-0.1, -0.05) is 0 Å². The molecule has 2 unspecified atom stereocenters. The van der Waals surface area contributed by atoms with E-state index >= 15 is 0 Å². The molecule has 1 aromatic rings. The summed E-state index contributed by atoms with van der Waals surface area (Å²) in [7, 11) is 0. The molecule has 0 bridgehead atoms. The van der Waals surface area contributed by atoms with Gasteiger partial charge < -0.3 is 9.15 Å². The number of nitrogens with zero attached hydrogens (tertiary/aromatic N) is 1. The number of morpholine rings is 1. The van der Waals surface area contributed by atoms with Crippen LogP contribution in [0, 0.1) is 0 Å². The van der Waals surface area contributed by atoms with Crippen LogP contribution in [0.15, 0.2) is 16.7 Å². The van der Waals surface area contributed by atoms with Gasteiger partial charge >= 0.3 is 0 Å². The minimum absolute atomic E-state index is 0.190. The third-order valence-electron chi connectivity index (χ3n) is 2.98. The first kappa shape index (κ1) is 13.1. The number of hydrogen-bond donors (Lipinski definition) is 2. The summed E-state index contributed by atoms with van der Waals surface area (Å²) in [5, 5.41) is 0. The molecule has 1 aromatic heterocycles. The number of carbonyl (C=O) groups is 1. The lowest BCUT2D eigenvalue weighted by molar-refractivity contribution is -0.0718. The van der Waals surface area contributed by atoms with Crippen molar-refractivity contribution in [2.24, 2.45) is 5.84 Å². The predicted octanol–water partition coefficient (Wildman–Crippen LogP) is 0.492. The monoisotopic (exact) mass is 253 g/mol. The molecule has 0 radical (unpaired) electrons. The van der Waals surface area contributed by atoms with E-state index in [9.17, 15) is 4.79 Å². The van der Waals surface area contributed by atoms with Crippen LogP contribution in [0.1, 0.15) is 30.0 Å². The molecule has 0 spiro atoms. The van der Waals surface area contributed by atoms with Crippen LogP contribution in [-0.4, -0.2) is 36.1 Å². The zero-order chi connectivity index (χ0) is 13.1. The molecule has 0 saturated carbocycles. The molecule has 2 heterocycles. The molecule has 100 valence electrons. The lowest BCUT2D eigenvalue weighted by atomic mass is 10.2. The topological polar surface area (TPSA) is 80.7 Å². The lowest BCUT2D eigenvalue weighted by Crippen LogP contribution is -2.45. The molecule has 18 heavy (non-hydrogen) atoms. The van der Waals surface area contributed by atoms with Crippen LogP contribution < -0.4 is 11.3 Å². The summed E-state index contributed by atoms with van der Waals surface area (Å²) in [6.45, 7) is 6.33. The molecule has 1 aliphatic heterocycles. The Labute approximate surface area is 106 Å². The Morgan fingerprint density at radius 1 is 1.50 bits per heavy atom. The van der Waals surface area contributed by atoms with Crippen molar-refractivity contribution in [2.75, 3.05) is 13.1 Å². The second-order valence-electron chi connectivity index (χ2n) is 4.68. The van der Waals surface area contributed by atoms with Gasteiger partial charge in [-0.05, 0) is 19.9 Å². The summed E-state index contributed by atoms with van der Waals surface area (Å²) >= 11 is 0. The quantitative estimate of drug-likeness (QED) is 0.465. The van der Waals surface area contributed by atoms with Gasteiger partial charge in [0.1, 0.15) is 5.76 Å². The molecule has 1 aliphatic rings. The van der Waals surface area contributed by atoms with E-state index in [0.717, 1.165) is 13.1 Å². The molecule has 2 rings (SSSR count). The van der Waals surface area contributed by atoms with Crippen molar-refractivity contribution < 1.29 is 13.9 Å². The molecule has 1 saturated heterocycles. The van der Waals surface area contributed by atoms with E-state index in [1.165, 1.54) is 6.26 Å². The Morgan fingerprint density at radius 2 is 2.17 bits per heavy atom. The van der Waals surface area contributed by atoms with Gasteiger partial charge in [0.25, 0.3) is 5.91 Å². The summed E-state index contributed by atoms with van der Waals surface area (Å²) < 4.78 is 11.0. The number of nitrogens with two attached hydrogens (primary N) is 1. The molecular weight excluding hydrogens is 234 g/mol. The van der Waals surface area contributed by atoms with Gasteiger partial charge in [-0.3, -0.25) is 15.1 Å². The van der Waals surface area contributed by atoms with Crippen molar-refractivity contribution in [2.45, 2.75) is 32.6 Å². The molecule has 6 nitrogen and oxygen atoms in total. The zero-order valence-electron chi connectivity index (χ0n) is 10.7. The maximum Gasteiger partial charge on any atom is 0.268 e. The van der Waals surface area contributed by atoms with Crippen LogP contribution in [0.5, 0.6) is 0 Å². The van der Waals surface area contributed by atoms with Gasteiger partial charge in [0.05, 0.1) is 30.6 Å². The molecule has 6 heteroatoms. The first-order chi connectivity index (χ1) is 8.60. The highest BCUT2D eigenvalue weighted by atomic mass is 16.5. The number of nitrogens with one attached hydrogen (secondary N) is 1. The second kappa shape index (κ2) is 5.51. The Kier molecular flexibility index (Phi) is 4.00. The number of amides is 1. The normalized spacial score (nSPS) is 25.1. The lowest BCUT2D eigenvalue weighted by Gasteiger charge is -2.34. The van der Waals surface area contributed by atoms with E-state index in [1.54, 1.807) is 6.07 Å². The van der Waals surface area contributed by atoms with Gasteiger partial charge in [-0.2, -0.15) is 0 Å². The summed E-state index contributed by atoms with van der Waals surface area (Å²) in [5.41, 5.74) is 2.61. The Morgan fingerprint density at radius 3 is 2.78 bits per heavy atom. The van der Waals surface area contributed by atoms with Crippen molar-refractivity contribution in [1.82, 2.24) is 10.3 Å². The Hall–Kier alpha value is -1.37. The smallest absolute Gasteiger partial charge is 0.268 e. The van der Waals surface area contributed by atoms with Crippen molar-refractivity contribution in [3.63, 3.8) is 0 Å². The SMILES string of the molecule is CC1CN(Cc2occc2C(=O)NN)CC(C)O1. The molecule has 0 aromatic carbocycles. The number of carbonyl (C=O) groups excluding carboxylic acids is 1. The third kappa shape index (κ3) is 2.90. The first-order valence-electron chi connectivity index (χ1n) is 6.05. The number of hydrazine groups is 1. The number of ether oxygens (including phenoxy) is 1. The van der Waals surface area contributed by atoms with E-state index < -0.39 is 0 Å². The standard InChI is InChI=1S/C12H19N3O3/c1-8-5-15(6-9(2)18-8)7-11-10(3-4-17-11)12(16)14-13/h3-4,8-9H,5-7,13H2,1-2H3,(H,14,16). The van der Waals surface area contributed by atoms with E-state index in [2.05, 4.69) is 10.3 Å². The van der Waals surface area contributed by atoms with Gasteiger partial charge in [0.15, 0.2) is 0 Å². The average molecular weight is 253 g/mol. The van der Waals surface area contributed by atoms with Gasteiger partial charge in [0, 0.05) is 13.1 Å². The number of furan rings is 1. The Balaban J connectivity index is 2.05. The highest BCUT2D eigenvalue weighted by Gasteiger charge is 2.24. The highest BCUT2D eigenvalue weighted by Crippen LogP contribution is 2.17. The zero-order valence-corrected chi connectivity index (χ0v) is 10.7. The summed E-state index contributed by atoms with van der Waals surface area (Å²) in [6, 6.07) is 1.63. The van der Waals surface area contributed by atoms with Crippen LogP contribution >= 0.6 is 0 Å². The fourth-order valence-electron chi connectivity index (χ4n) is 2.36. The Bertz CT molecular complexity index is 408. The van der Waals surface area contributed by atoms with E-state index in [-0.39, 0.29) is 18.1 Å². The van der Waals surface area contributed by atoms with E-state index in [0.29, 0.717) is 17.9 Å². The van der Waals surface area contributed by atoms with Crippen LogP contribution in [0.2, 0.25) is 0 Å². The van der Waals surface area contributed by atoms with Crippen LogP contribution in [-0.2, 0) is 11.3 Å². The number of nitrogen functional groups attached to an aromatic ring is 1. The molecule has 2 atom stereocenters. The van der Waals surface area contributed by atoms with Crippen LogP contribution in [0.25, 0.3) is 0 Å². The van der Waals surface area contributed by atoms with Crippen LogP contribution in [0.4, 0.5) is 0 Å². The van der Waals surface area contributed by atoms with Gasteiger partial charge in [-0.25, -0.2) is 5.84 Å². The average Bonchev–Trinajstić information content (AvgIpc) is 2.74. The van der Waals surface area contributed by atoms with E-state index in [4.69, 9.17) is 15.0 Å². The third-order valence-corrected chi connectivity index (χ3v) is 2.98. The fraction of sp³-hybridized carbons (Fsp3) is 0.583. The van der Waals surface area contributed by atoms with Gasteiger partial charge in [-0.15, -0.1) is 0 Å². The molecular formula is C12H19N3O3.